The molecule has 0 aromatic heterocycles. The highest BCUT2D eigenvalue weighted by molar-refractivity contribution is 6.36. The predicted molar refractivity (Wildman–Crippen MR) is 131 cm³/mol. The summed E-state index contributed by atoms with van der Waals surface area (Å²) in [4.78, 5) is 28.2. The first-order valence-corrected chi connectivity index (χ1v) is 12.1. The molecule has 0 bridgehead atoms. The Kier molecular flexibility index (Phi) is 8.61. The van der Waals surface area contributed by atoms with Crippen molar-refractivity contribution in [3.63, 3.8) is 0 Å². The molecule has 3 rings (SSSR count). The van der Waals surface area contributed by atoms with Crippen LogP contribution in [0, 0.1) is 13.8 Å². The van der Waals surface area contributed by atoms with Gasteiger partial charge in [-0.25, -0.2) is 0 Å². The van der Waals surface area contributed by atoms with Gasteiger partial charge in [0.1, 0.15) is 6.04 Å². The van der Waals surface area contributed by atoms with E-state index >= 15 is 0 Å². The van der Waals surface area contributed by atoms with Gasteiger partial charge in [0, 0.05) is 28.2 Å². The zero-order chi connectivity index (χ0) is 23.3. The molecule has 0 spiro atoms. The predicted octanol–water partition coefficient (Wildman–Crippen LogP) is 6.02. The van der Waals surface area contributed by atoms with Crippen molar-refractivity contribution in [1.29, 1.82) is 0 Å². The second kappa shape index (κ2) is 11.2. The fourth-order valence-electron chi connectivity index (χ4n) is 4.26. The summed E-state index contributed by atoms with van der Waals surface area (Å²) in [6.45, 7) is 5.97. The average molecular weight is 475 g/mol. The lowest BCUT2D eigenvalue weighted by atomic mass is 9.95. The maximum Gasteiger partial charge on any atom is 0.242 e. The fourth-order valence-corrected chi connectivity index (χ4v) is 4.78. The fraction of sp³-hybridized carbons (Fsp3) is 0.462. The van der Waals surface area contributed by atoms with Gasteiger partial charge in [0.25, 0.3) is 0 Å². The van der Waals surface area contributed by atoms with Crippen LogP contribution >= 0.6 is 23.2 Å². The van der Waals surface area contributed by atoms with Gasteiger partial charge in [-0.2, -0.15) is 0 Å². The summed E-state index contributed by atoms with van der Waals surface area (Å²) in [6.07, 6.45) is 5.67. The van der Waals surface area contributed by atoms with Crippen molar-refractivity contribution in [1.82, 2.24) is 10.2 Å². The number of amides is 2. The van der Waals surface area contributed by atoms with Crippen molar-refractivity contribution >= 4 is 35.0 Å². The normalized spacial score (nSPS) is 15.3. The monoisotopic (exact) mass is 474 g/mol. The van der Waals surface area contributed by atoms with E-state index in [1.165, 1.54) is 6.42 Å². The Morgan fingerprint density at radius 3 is 2.38 bits per heavy atom. The highest BCUT2D eigenvalue weighted by Gasteiger charge is 2.29. The maximum atomic E-state index is 13.5. The lowest BCUT2D eigenvalue weighted by Crippen LogP contribution is -2.50. The van der Waals surface area contributed by atoms with E-state index in [0.29, 0.717) is 15.6 Å². The highest BCUT2D eigenvalue weighted by Crippen LogP contribution is 2.27. The smallest absolute Gasteiger partial charge is 0.242 e. The lowest BCUT2D eigenvalue weighted by Gasteiger charge is -2.32. The van der Waals surface area contributed by atoms with Crippen molar-refractivity contribution in [2.45, 2.75) is 77.9 Å². The SMILES string of the molecule is Cc1ccc(C)c(CC(=O)N(Cc2c(Cl)cccc2Cl)C(C)C(=O)NC2CCCCC2)c1. The van der Waals surface area contributed by atoms with Gasteiger partial charge < -0.3 is 10.2 Å². The van der Waals surface area contributed by atoms with Crippen LogP contribution in [0.4, 0.5) is 0 Å². The van der Waals surface area contributed by atoms with E-state index in [0.717, 1.165) is 42.4 Å². The number of nitrogens with one attached hydrogen (secondary N) is 1. The molecule has 1 fully saturated rings. The molecule has 4 nitrogen and oxygen atoms in total. The van der Waals surface area contributed by atoms with E-state index < -0.39 is 6.04 Å². The number of hydrogen-bond acceptors (Lipinski definition) is 2. The molecule has 2 aromatic rings. The second-order valence-corrected chi connectivity index (χ2v) is 9.66. The molecule has 2 aromatic carbocycles. The molecule has 0 aliphatic heterocycles. The third-order valence-electron chi connectivity index (χ3n) is 6.36. The Labute approximate surface area is 201 Å². The van der Waals surface area contributed by atoms with E-state index in [-0.39, 0.29) is 30.8 Å². The third kappa shape index (κ3) is 6.26. The van der Waals surface area contributed by atoms with E-state index in [4.69, 9.17) is 23.2 Å². The molecule has 1 atom stereocenters. The Hall–Kier alpha value is -2.04. The van der Waals surface area contributed by atoms with Gasteiger partial charge in [-0.15, -0.1) is 0 Å². The number of halogens is 2. The zero-order valence-electron chi connectivity index (χ0n) is 19.1. The summed E-state index contributed by atoms with van der Waals surface area (Å²) in [7, 11) is 0. The van der Waals surface area contributed by atoms with E-state index in [1.807, 2.05) is 32.0 Å². The van der Waals surface area contributed by atoms with Gasteiger partial charge in [0.15, 0.2) is 0 Å². The van der Waals surface area contributed by atoms with Crippen molar-refractivity contribution < 1.29 is 9.59 Å². The minimum Gasteiger partial charge on any atom is -0.352 e. The molecule has 0 radical (unpaired) electrons. The summed E-state index contributed by atoms with van der Waals surface area (Å²) in [5, 5.41) is 4.13. The zero-order valence-corrected chi connectivity index (χ0v) is 20.6. The summed E-state index contributed by atoms with van der Waals surface area (Å²) >= 11 is 12.8. The van der Waals surface area contributed by atoms with Crippen molar-refractivity contribution in [3.8, 4) is 0 Å². The van der Waals surface area contributed by atoms with Gasteiger partial charge in [-0.3, -0.25) is 9.59 Å². The maximum absolute atomic E-state index is 13.5. The van der Waals surface area contributed by atoms with E-state index in [1.54, 1.807) is 30.0 Å². The Morgan fingerprint density at radius 2 is 1.72 bits per heavy atom. The lowest BCUT2D eigenvalue weighted by molar-refractivity contribution is -0.140. The third-order valence-corrected chi connectivity index (χ3v) is 7.06. The molecular weight excluding hydrogens is 443 g/mol. The molecule has 1 saturated carbocycles. The topological polar surface area (TPSA) is 49.4 Å². The average Bonchev–Trinajstić information content (AvgIpc) is 2.76. The van der Waals surface area contributed by atoms with E-state index in [9.17, 15) is 9.59 Å². The quantitative estimate of drug-likeness (QED) is 0.533. The van der Waals surface area contributed by atoms with Crippen LogP contribution in [0.3, 0.4) is 0 Å². The number of carbonyl (C=O) groups is 2. The molecule has 2 amide bonds. The molecule has 6 heteroatoms. The first kappa shape index (κ1) is 24.6. The number of rotatable bonds is 7. The molecular formula is C26H32Cl2N2O2. The minimum absolute atomic E-state index is 0.124. The summed E-state index contributed by atoms with van der Waals surface area (Å²) in [6, 6.07) is 10.9. The Morgan fingerprint density at radius 1 is 1.06 bits per heavy atom. The van der Waals surface area contributed by atoms with Gasteiger partial charge >= 0.3 is 0 Å². The molecule has 32 heavy (non-hydrogen) atoms. The van der Waals surface area contributed by atoms with Crippen LogP contribution in [-0.2, 0) is 22.6 Å². The number of carbonyl (C=O) groups excluding carboxylic acids is 2. The van der Waals surface area contributed by atoms with Crippen LogP contribution < -0.4 is 5.32 Å². The van der Waals surface area contributed by atoms with Crippen LogP contribution in [-0.4, -0.2) is 28.8 Å². The van der Waals surface area contributed by atoms with Gasteiger partial charge in [-0.1, -0.05) is 72.3 Å². The van der Waals surface area contributed by atoms with Gasteiger partial charge in [0.05, 0.1) is 6.42 Å². The van der Waals surface area contributed by atoms with Crippen molar-refractivity contribution in [2.75, 3.05) is 0 Å². The number of aryl methyl sites for hydroxylation is 2. The van der Waals surface area contributed by atoms with Crippen LogP contribution in [0.2, 0.25) is 10.0 Å². The summed E-state index contributed by atoms with van der Waals surface area (Å²) in [5.41, 5.74) is 3.77. The van der Waals surface area contributed by atoms with Gasteiger partial charge in [0.2, 0.25) is 11.8 Å². The number of benzene rings is 2. The standard InChI is InChI=1S/C26H32Cl2N2O2/c1-17-12-13-18(2)20(14-17)15-25(31)30(16-22-23(27)10-7-11-24(22)28)19(3)26(32)29-21-8-5-4-6-9-21/h7,10-14,19,21H,4-6,8-9,15-16H2,1-3H3,(H,29,32). The Balaban J connectivity index is 1.84. The number of hydrogen-bond donors (Lipinski definition) is 1. The molecule has 1 unspecified atom stereocenters. The Bertz CT molecular complexity index is 950. The van der Waals surface area contributed by atoms with Crippen LogP contribution in [0.15, 0.2) is 36.4 Å². The van der Waals surface area contributed by atoms with E-state index in [2.05, 4.69) is 5.32 Å². The molecule has 1 aliphatic carbocycles. The largest absolute Gasteiger partial charge is 0.352 e. The van der Waals surface area contributed by atoms with Gasteiger partial charge in [-0.05, 0) is 56.9 Å². The summed E-state index contributed by atoms with van der Waals surface area (Å²) in [5.74, 6) is -0.254. The van der Waals surface area contributed by atoms with Crippen LogP contribution in [0.1, 0.15) is 61.3 Å². The van der Waals surface area contributed by atoms with Crippen LogP contribution in [0.5, 0.6) is 0 Å². The number of nitrogens with zero attached hydrogens (tertiary/aromatic N) is 1. The molecule has 1 N–H and O–H groups in total. The molecule has 1 aliphatic rings. The minimum atomic E-state index is -0.637. The second-order valence-electron chi connectivity index (χ2n) is 8.85. The van der Waals surface area contributed by atoms with Crippen molar-refractivity contribution in [2.24, 2.45) is 0 Å². The molecule has 0 saturated heterocycles. The molecule has 172 valence electrons. The van der Waals surface area contributed by atoms with Crippen LogP contribution in [0.25, 0.3) is 0 Å². The summed E-state index contributed by atoms with van der Waals surface area (Å²) < 4.78 is 0. The molecule has 0 heterocycles. The first-order valence-electron chi connectivity index (χ1n) is 11.3. The first-order chi connectivity index (χ1) is 15.3. The highest BCUT2D eigenvalue weighted by atomic mass is 35.5. The van der Waals surface area contributed by atoms with Crippen molar-refractivity contribution in [3.05, 3.63) is 68.7 Å².